The Kier molecular flexibility index (Phi) is 9.12. The van der Waals surface area contributed by atoms with E-state index in [2.05, 4.69) is 22.1 Å². The number of halogens is 1. The van der Waals surface area contributed by atoms with Gasteiger partial charge in [0.2, 0.25) is 0 Å². The fourth-order valence-electron chi connectivity index (χ4n) is 6.17. The molecule has 0 aliphatic heterocycles. The van der Waals surface area contributed by atoms with Crippen molar-refractivity contribution >= 4 is 42.8 Å². The second-order valence-corrected chi connectivity index (χ2v) is 13.5. The molecule has 3 nitrogen and oxygen atoms in total. The molecule has 0 unspecified atom stereocenters. The Balaban J connectivity index is 0.000000233. The Bertz CT molecular complexity index is 2550. The first-order chi connectivity index (χ1) is 26.7. The SMILES string of the molecule is [2H]C([2H])(c1cc(-c2[c-]cccc2)nc[c]1[Ge])C(C)C.[2H]c1c([2H])c(-c2ccc3c(c2)oc2c(-c4cc(C5([2H])CCCCC5)ccn4)[c-]ccc23)c([2H])c([2H])c1F.[Ir]. The number of rotatable bonds is 6. The van der Waals surface area contributed by atoms with Crippen LogP contribution in [0.3, 0.4) is 0 Å². The van der Waals surface area contributed by atoms with Crippen LogP contribution in [0.25, 0.3) is 55.6 Å². The van der Waals surface area contributed by atoms with Crippen LogP contribution in [0, 0.1) is 23.9 Å². The van der Waals surface area contributed by atoms with Gasteiger partial charge in [0.25, 0.3) is 0 Å². The van der Waals surface area contributed by atoms with E-state index in [-0.39, 0.29) is 31.6 Å². The van der Waals surface area contributed by atoms with E-state index in [1.807, 2.05) is 85.0 Å². The van der Waals surface area contributed by atoms with Crippen LogP contribution in [0.5, 0.6) is 0 Å². The van der Waals surface area contributed by atoms with Gasteiger partial charge in [-0.15, -0.1) is 18.2 Å². The fraction of sp³-hybridized carbons (Fsp3) is 0.227. The number of hydrogen-bond acceptors (Lipinski definition) is 3. The maximum absolute atomic E-state index is 14.1. The molecule has 6 heteroatoms. The van der Waals surface area contributed by atoms with Crippen molar-refractivity contribution in [3.05, 3.63) is 138 Å². The van der Waals surface area contributed by atoms with Gasteiger partial charge in [-0.1, -0.05) is 66.1 Å². The summed E-state index contributed by atoms with van der Waals surface area (Å²) < 4.78 is 78.8. The van der Waals surface area contributed by atoms with Crippen LogP contribution in [0.15, 0.2) is 114 Å². The van der Waals surface area contributed by atoms with Crippen LogP contribution in [0.4, 0.5) is 4.39 Å². The van der Waals surface area contributed by atoms with Crippen LogP contribution in [-0.4, -0.2) is 26.5 Å². The molecule has 0 spiro atoms. The Morgan fingerprint density at radius 2 is 1.74 bits per heavy atom. The van der Waals surface area contributed by atoms with E-state index >= 15 is 0 Å². The quantitative estimate of drug-likeness (QED) is 0.123. The molecule has 252 valence electrons. The Labute approximate surface area is 326 Å². The predicted molar refractivity (Wildman–Crippen MR) is 199 cm³/mol. The van der Waals surface area contributed by atoms with Gasteiger partial charge in [-0.2, -0.15) is 0 Å². The van der Waals surface area contributed by atoms with Crippen molar-refractivity contribution < 1.29 is 38.5 Å². The second kappa shape index (κ2) is 16.4. The Hall–Kier alpha value is -3.90. The van der Waals surface area contributed by atoms with Crippen LogP contribution in [-0.2, 0) is 26.5 Å². The maximum atomic E-state index is 14.1. The number of nitrogens with zero attached hydrogens (tertiary/aromatic N) is 2. The Morgan fingerprint density at radius 3 is 2.50 bits per heavy atom. The minimum atomic E-state index is -1.35. The predicted octanol–water partition coefficient (Wildman–Crippen LogP) is 10.8. The first-order valence-electron chi connectivity index (χ1n) is 20.0. The van der Waals surface area contributed by atoms with E-state index in [1.54, 1.807) is 30.6 Å². The molecule has 3 heterocycles. The first-order valence-corrected chi connectivity index (χ1v) is 17.6. The summed E-state index contributed by atoms with van der Waals surface area (Å²) in [7, 11) is 0. The van der Waals surface area contributed by atoms with Crippen molar-refractivity contribution in [2.24, 2.45) is 5.92 Å². The van der Waals surface area contributed by atoms with Gasteiger partial charge < -0.3 is 9.40 Å². The van der Waals surface area contributed by atoms with Crippen LogP contribution >= 0.6 is 0 Å². The maximum Gasteiger partial charge on any atom is 0.123 e. The average Bonchev–Trinajstić information content (AvgIpc) is 3.58. The fourth-order valence-corrected chi connectivity index (χ4v) is 6.61. The average molecular weight is 902 g/mol. The minimum Gasteiger partial charge on any atom is -0.501 e. The van der Waals surface area contributed by atoms with Crippen molar-refractivity contribution in [2.75, 3.05) is 0 Å². The molecule has 1 aliphatic rings. The van der Waals surface area contributed by atoms with Crippen molar-refractivity contribution in [3.8, 4) is 33.6 Å². The molecule has 4 aromatic carbocycles. The molecule has 4 radical (unpaired) electrons. The van der Waals surface area contributed by atoms with Crippen molar-refractivity contribution in [2.45, 2.75) is 58.2 Å². The number of furan rings is 1. The molecule has 1 aliphatic carbocycles. The third-order valence-electron chi connectivity index (χ3n) is 8.53. The van der Waals surface area contributed by atoms with E-state index in [0.29, 0.717) is 33.6 Å². The van der Waals surface area contributed by atoms with Gasteiger partial charge in [0, 0.05) is 33.1 Å². The number of fused-ring (bicyclic) bond motifs is 3. The van der Waals surface area contributed by atoms with Gasteiger partial charge in [0.1, 0.15) is 11.4 Å². The number of hydrogen-bond donors (Lipinski definition) is 0. The smallest absolute Gasteiger partial charge is 0.123 e. The second-order valence-electron chi connectivity index (χ2n) is 12.4. The summed E-state index contributed by atoms with van der Waals surface area (Å²) >= 11 is 1.90. The summed E-state index contributed by atoms with van der Waals surface area (Å²) in [6, 6.07) is 26.3. The van der Waals surface area contributed by atoms with E-state index in [0.717, 1.165) is 57.7 Å². The van der Waals surface area contributed by atoms with Crippen LogP contribution in [0.2, 0.25) is 0 Å². The molecule has 0 amide bonds. The zero-order valence-corrected chi connectivity index (χ0v) is 32.2. The van der Waals surface area contributed by atoms with Gasteiger partial charge >= 0.3 is 114 Å². The van der Waals surface area contributed by atoms with Gasteiger partial charge in [-0.05, 0) is 59.8 Å². The van der Waals surface area contributed by atoms with E-state index in [9.17, 15) is 4.39 Å². The molecule has 0 atom stereocenters. The van der Waals surface area contributed by atoms with Crippen LogP contribution in [0.1, 0.15) is 72.6 Å². The van der Waals surface area contributed by atoms with Gasteiger partial charge in [-0.25, -0.2) is 4.39 Å². The summed E-state index contributed by atoms with van der Waals surface area (Å²) in [4.78, 5) is 8.95. The standard InChI is InChI=1S/C29H23FNO.C15H15GeN.Ir/c30-23-12-9-20(10-13-23)21-11-14-24-25-7-4-8-26(29(25)32-28(24)18-21)27-17-22(15-16-31-27)19-5-2-1-3-6-19;1-11(2)8-13-9-15(17-10-14(13)16)12-6-4-3-5-7-12;/h4,7,9-19H,1-3,5-6H2;3-6,9-11H,8H2,1-2H3;/q2*-1;/i9D,10D,12D,13D,19D;8D2;. The summed E-state index contributed by atoms with van der Waals surface area (Å²) in [5.74, 6) is -1.86. The molecular formula is C44H38FGeIrN2O-2. The van der Waals surface area contributed by atoms with Crippen LogP contribution < -0.4 is 4.40 Å². The van der Waals surface area contributed by atoms with Gasteiger partial charge in [-0.3, -0.25) is 0 Å². The molecule has 0 bridgehead atoms. The minimum absolute atomic E-state index is 0. The van der Waals surface area contributed by atoms with Gasteiger partial charge in [0.05, 0.1) is 11.1 Å². The summed E-state index contributed by atoms with van der Waals surface area (Å²) in [6.07, 6.45) is 7.05. The van der Waals surface area contributed by atoms with E-state index in [1.165, 1.54) is 6.42 Å². The zero-order chi connectivity index (χ0) is 39.9. The summed E-state index contributed by atoms with van der Waals surface area (Å²) in [6.45, 7) is 3.79. The molecule has 50 heavy (non-hydrogen) atoms. The zero-order valence-electron chi connectivity index (χ0n) is 34.7. The van der Waals surface area contributed by atoms with Crippen molar-refractivity contribution in [1.82, 2.24) is 9.97 Å². The molecule has 0 N–H and O–H groups in total. The molecular weight excluding hydrogens is 856 g/mol. The first kappa shape index (κ1) is 27.8. The normalized spacial score (nSPS) is 16.1. The monoisotopic (exact) mass is 903 g/mol. The molecule has 0 saturated heterocycles. The molecule has 3 aromatic heterocycles. The van der Waals surface area contributed by atoms with Crippen molar-refractivity contribution in [1.29, 1.82) is 0 Å². The molecule has 1 saturated carbocycles. The van der Waals surface area contributed by atoms with Crippen molar-refractivity contribution in [3.63, 3.8) is 0 Å². The summed E-state index contributed by atoms with van der Waals surface area (Å²) in [5, 5.41) is 1.66. The third kappa shape index (κ3) is 8.18. The topological polar surface area (TPSA) is 38.9 Å². The Morgan fingerprint density at radius 1 is 0.920 bits per heavy atom. The van der Waals surface area contributed by atoms with Gasteiger partial charge in [0.15, 0.2) is 0 Å². The van der Waals surface area contributed by atoms with E-state index in [4.69, 9.17) is 14.0 Å². The molecule has 7 aromatic rings. The molecule has 8 rings (SSSR count). The number of benzene rings is 4. The summed E-state index contributed by atoms with van der Waals surface area (Å²) in [5.41, 5.74) is 6.19. The number of aromatic nitrogens is 2. The number of pyridine rings is 2. The molecule has 1 fully saturated rings. The third-order valence-corrected chi connectivity index (χ3v) is 9.37. The largest absolute Gasteiger partial charge is 0.501 e. The van der Waals surface area contributed by atoms with E-state index < -0.39 is 42.3 Å².